The molecule has 1 heterocycles. The Morgan fingerprint density at radius 2 is 2.05 bits per heavy atom. The van der Waals surface area contributed by atoms with E-state index < -0.39 is 0 Å². The lowest BCUT2D eigenvalue weighted by Gasteiger charge is -2.32. The topological polar surface area (TPSA) is 55.6 Å². The third-order valence-corrected chi connectivity index (χ3v) is 4.29. The predicted molar refractivity (Wildman–Crippen MR) is 77.9 cm³/mol. The summed E-state index contributed by atoms with van der Waals surface area (Å²) in [6.45, 7) is 5.55. The van der Waals surface area contributed by atoms with E-state index in [4.69, 9.17) is 10.5 Å². The number of ether oxygens (including phenoxy) is 1. The summed E-state index contributed by atoms with van der Waals surface area (Å²) in [5, 5.41) is 0. The molecule has 1 unspecified atom stereocenters. The van der Waals surface area contributed by atoms with Crippen LogP contribution in [0.25, 0.3) is 0 Å². The highest BCUT2D eigenvalue weighted by molar-refractivity contribution is 5.76. The molecule has 19 heavy (non-hydrogen) atoms. The van der Waals surface area contributed by atoms with Crippen LogP contribution in [0.5, 0.6) is 0 Å². The zero-order valence-corrected chi connectivity index (χ0v) is 12.6. The molecule has 2 N–H and O–H groups in total. The van der Waals surface area contributed by atoms with Gasteiger partial charge in [-0.05, 0) is 44.1 Å². The zero-order valence-electron chi connectivity index (χ0n) is 12.6. The monoisotopic (exact) mass is 270 g/mol. The Balaban J connectivity index is 2.23. The molecule has 0 aliphatic carbocycles. The lowest BCUT2D eigenvalue weighted by molar-refractivity contribution is -0.133. The van der Waals surface area contributed by atoms with Crippen molar-refractivity contribution in [3.05, 3.63) is 0 Å². The number of carbonyl (C=O) groups excluding carboxylic acids is 1. The number of methoxy groups -OCH3 is 1. The number of carbonyl (C=O) groups is 1. The fourth-order valence-electron chi connectivity index (χ4n) is 2.86. The summed E-state index contributed by atoms with van der Waals surface area (Å²) in [7, 11) is 1.75. The van der Waals surface area contributed by atoms with Gasteiger partial charge >= 0.3 is 0 Å². The molecule has 0 aromatic carbocycles. The van der Waals surface area contributed by atoms with Crippen LogP contribution in [0.1, 0.15) is 45.4 Å². The van der Waals surface area contributed by atoms with E-state index in [1.54, 1.807) is 7.11 Å². The third kappa shape index (κ3) is 5.91. The lowest BCUT2D eigenvalue weighted by atomic mass is 9.95. The Morgan fingerprint density at radius 1 is 1.37 bits per heavy atom. The summed E-state index contributed by atoms with van der Waals surface area (Å²) in [5.41, 5.74) is 5.59. The molecule has 1 aliphatic rings. The van der Waals surface area contributed by atoms with Gasteiger partial charge in [0.15, 0.2) is 0 Å². The molecule has 1 rings (SSSR count). The van der Waals surface area contributed by atoms with Crippen LogP contribution in [-0.2, 0) is 9.53 Å². The molecular weight excluding hydrogens is 240 g/mol. The van der Waals surface area contributed by atoms with Crippen molar-refractivity contribution in [2.75, 3.05) is 33.4 Å². The van der Waals surface area contributed by atoms with Crippen LogP contribution in [-0.4, -0.2) is 44.2 Å². The van der Waals surface area contributed by atoms with Gasteiger partial charge < -0.3 is 15.4 Å². The lowest BCUT2D eigenvalue weighted by Crippen LogP contribution is -2.39. The number of amides is 1. The van der Waals surface area contributed by atoms with Gasteiger partial charge in [0.1, 0.15) is 0 Å². The minimum Gasteiger partial charge on any atom is -0.384 e. The molecule has 1 saturated heterocycles. The standard InChI is InChI=1S/C15H30N2O2/c1-3-13(6-9-16)4-5-15(18)17-10-7-14(8-11-17)12-19-2/h13-14H,3-12,16H2,1-2H3. The van der Waals surface area contributed by atoms with Gasteiger partial charge in [0.25, 0.3) is 0 Å². The van der Waals surface area contributed by atoms with Crippen molar-refractivity contribution in [3.8, 4) is 0 Å². The maximum absolute atomic E-state index is 12.2. The second kappa shape index (κ2) is 9.32. The molecule has 1 aliphatic heterocycles. The van der Waals surface area contributed by atoms with Crippen molar-refractivity contribution in [2.24, 2.45) is 17.6 Å². The van der Waals surface area contributed by atoms with Crippen LogP contribution in [0.15, 0.2) is 0 Å². The molecule has 0 aromatic heterocycles. The van der Waals surface area contributed by atoms with Crippen molar-refractivity contribution in [1.29, 1.82) is 0 Å². The highest BCUT2D eigenvalue weighted by Crippen LogP contribution is 2.20. The second-order valence-corrected chi connectivity index (χ2v) is 5.67. The minimum atomic E-state index is 0.325. The first kappa shape index (κ1) is 16.4. The van der Waals surface area contributed by atoms with Gasteiger partial charge in [-0.1, -0.05) is 13.3 Å². The van der Waals surface area contributed by atoms with Crippen molar-refractivity contribution in [1.82, 2.24) is 4.90 Å². The second-order valence-electron chi connectivity index (χ2n) is 5.67. The van der Waals surface area contributed by atoms with Crippen LogP contribution in [0.4, 0.5) is 0 Å². The van der Waals surface area contributed by atoms with E-state index in [1.165, 1.54) is 0 Å². The Kier molecular flexibility index (Phi) is 8.07. The Hall–Kier alpha value is -0.610. The number of hydrogen-bond donors (Lipinski definition) is 1. The van der Waals surface area contributed by atoms with Crippen molar-refractivity contribution < 1.29 is 9.53 Å². The van der Waals surface area contributed by atoms with Crippen LogP contribution in [0, 0.1) is 11.8 Å². The molecule has 0 saturated carbocycles. The van der Waals surface area contributed by atoms with Crippen LogP contribution < -0.4 is 5.73 Å². The quantitative estimate of drug-likeness (QED) is 0.734. The molecule has 4 nitrogen and oxygen atoms in total. The van der Waals surface area contributed by atoms with E-state index in [1.807, 2.05) is 4.90 Å². The van der Waals surface area contributed by atoms with E-state index in [-0.39, 0.29) is 0 Å². The van der Waals surface area contributed by atoms with Gasteiger partial charge in [-0.2, -0.15) is 0 Å². The smallest absolute Gasteiger partial charge is 0.222 e. The summed E-state index contributed by atoms with van der Waals surface area (Å²) < 4.78 is 5.18. The molecule has 1 fully saturated rings. The van der Waals surface area contributed by atoms with Crippen LogP contribution in [0.2, 0.25) is 0 Å². The fourth-order valence-corrected chi connectivity index (χ4v) is 2.86. The number of piperidine rings is 1. The Labute approximate surface area is 117 Å². The largest absolute Gasteiger partial charge is 0.384 e. The van der Waals surface area contributed by atoms with E-state index >= 15 is 0 Å². The summed E-state index contributed by atoms with van der Waals surface area (Å²) in [6.07, 6.45) is 6.01. The highest BCUT2D eigenvalue weighted by atomic mass is 16.5. The van der Waals surface area contributed by atoms with E-state index in [9.17, 15) is 4.79 Å². The van der Waals surface area contributed by atoms with E-state index in [2.05, 4.69) is 6.92 Å². The van der Waals surface area contributed by atoms with Gasteiger partial charge in [0.05, 0.1) is 0 Å². The van der Waals surface area contributed by atoms with Gasteiger partial charge in [0.2, 0.25) is 5.91 Å². The summed E-state index contributed by atoms with van der Waals surface area (Å²) in [4.78, 5) is 14.2. The maximum Gasteiger partial charge on any atom is 0.222 e. The molecule has 0 aromatic rings. The predicted octanol–water partition coefficient (Wildman–Crippen LogP) is 2.03. The first-order valence-corrected chi connectivity index (χ1v) is 7.68. The third-order valence-electron chi connectivity index (χ3n) is 4.29. The van der Waals surface area contributed by atoms with Crippen molar-refractivity contribution in [2.45, 2.75) is 45.4 Å². The van der Waals surface area contributed by atoms with Gasteiger partial charge in [-0.3, -0.25) is 4.79 Å². The van der Waals surface area contributed by atoms with E-state index in [0.29, 0.717) is 24.2 Å². The molecule has 0 bridgehead atoms. The number of likely N-dealkylation sites (tertiary alicyclic amines) is 1. The van der Waals surface area contributed by atoms with Crippen LogP contribution >= 0.6 is 0 Å². The normalized spacial score (nSPS) is 18.6. The SMILES string of the molecule is CCC(CCN)CCC(=O)N1CCC(COC)CC1. The zero-order chi connectivity index (χ0) is 14.1. The van der Waals surface area contributed by atoms with Crippen molar-refractivity contribution in [3.63, 3.8) is 0 Å². The number of rotatable bonds is 8. The summed E-state index contributed by atoms with van der Waals surface area (Å²) in [5.74, 6) is 1.57. The number of nitrogens with two attached hydrogens (primary N) is 1. The Bertz CT molecular complexity index is 251. The molecule has 1 amide bonds. The average molecular weight is 270 g/mol. The first-order valence-electron chi connectivity index (χ1n) is 7.68. The molecule has 4 heteroatoms. The van der Waals surface area contributed by atoms with E-state index in [0.717, 1.165) is 58.3 Å². The molecule has 1 atom stereocenters. The number of hydrogen-bond acceptors (Lipinski definition) is 3. The number of nitrogens with zero attached hydrogens (tertiary/aromatic N) is 1. The Morgan fingerprint density at radius 3 is 2.58 bits per heavy atom. The maximum atomic E-state index is 12.2. The molecule has 0 radical (unpaired) electrons. The van der Waals surface area contributed by atoms with Gasteiger partial charge in [0, 0.05) is 33.2 Å². The highest BCUT2D eigenvalue weighted by Gasteiger charge is 2.22. The summed E-state index contributed by atoms with van der Waals surface area (Å²) in [6, 6.07) is 0. The van der Waals surface area contributed by atoms with Crippen LogP contribution in [0.3, 0.4) is 0 Å². The summed E-state index contributed by atoms with van der Waals surface area (Å²) >= 11 is 0. The minimum absolute atomic E-state index is 0.325. The fraction of sp³-hybridized carbons (Fsp3) is 0.933. The van der Waals surface area contributed by atoms with Gasteiger partial charge in [-0.25, -0.2) is 0 Å². The van der Waals surface area contributed by atoms with Crippen molar-refractivity contribution >= 4 is 5.91 Å². The molecular formula is C15H30N2O2. The average Bonchev–Trinajstić information content (AvgIpc) is 2.44. The van der Waals surface area contributed by atoms with Gasteiger partial charge in [-0.15, -0.1) is 0 Å². The molecule has 112 valence electrons. The first-order chi connectivity index (χ1) is 9.21. The molecule has 0 spiro atoms.